The lowest BCUT2D eigenvalue weighted by Gasteiger charge is -2.27. The molecule has 0 saturated carbocycles. The van der Waals surface area contributed by atoms with Crippen molar-refractivity contribution in [1.29, 1.82) is 0 Å². The third kappa shape index (κ3) is 1.27. The average molecular weight is 194 g/mol. The van der Waals surface area contributed by atoms with Crippen LogP contribution in [0.2, 0.25) is 0 Å². The molecule has 1 saturated heterocycles. The molecule has 0 spiro atoms. The zero-order valence-corrected chi connectivity index (χ0v) is 8.10. The summed E-state index contributed by atoms with van der Waals surface area (Å²) < 4.78 is 5.34. The number of rotatable bonds is 1. The Morgan fingerprint density at radius 2 is 2.50 bits per heavy atom. The number of hydrogen-bond acceptors (Lipinski definition) is 4. The van der Waals surface area contributed by atoms with Crippen molar-refractivity contribution < 1.29 is 9.84 Å². The molecule has 1 aliphatic rings. The molecule has 1 aromatic rings. The van der Waals surface area contributed by atoms with Gasteiger partial charge in [0.05, 0.1) is 12.7 Å². The van der Waals surface area contributed by atoms with E-state index in [-0.39, 0.29) is 6.10 Å². The Morgan fingerprint density at radius 3 is 3.07 bits per heavy atom. The van der Waals surface area contributed by atoms with Gasteiger partial charge < -0.3 is 15.6 Å². The molecule has 0 bridgehead atoms. The SMILES string of the molecule is CC1OCCC1(O)c1cccnc1N. The van der Waals surface area contributed by atoms with Crippen LogP contribution in [0.15, 0.2) is 18.3 Å². The number of pyridine rings is 1. The molecule has 3 N–H and O–H groups in total. The number of anilines is 1. The van der Waals surface area contributed by atoms with Crippen molar-refractivity contribution in [3.63, 3.8) is 0 Å². The molecule has 1 fully saturated rings. The molecule has 76 valence electrons. The van der Waals surface area contributed by atoms with Gasteiger partial charge in [0.1, 0.15) is 11.4 Å². The van der Waals surface area contributed by atoms with Gasteiger partial charge in [-0.3, -0.25) is 0 Å². The smallest absolute Gasteiger partial charge is 0.129 e. The van der Waals surface area contributed by atoms with Gasteiger partial charge in [0.15, 0.2) is 0 Å². The van der Waals surface area contributed by atoms with Crippen LogP contribution in [0, 0.1) is 0 Å². The minimum atomic E-state index is -0.974. The largest absolute Gasteiger partial charge is 0.383 e. The maximum atomic E-state index is 10.4. The number of ether oxygens (including phenoxy) is 1. The van der Waals surface area contributed by atoms with Crippen LogP contribution in [-0.2, 0) is 10.3 Å². The van der Waals surface area contributed by atoms with E-state index in [9.17, 15) is 5.11 Å². The fraction of sp³-hybridized carbons (Fsp3) is 0.500. The van der Waals surface area contributed by atoms with E-state index in [2.05, 4.69) is 4.98 Å². The van der Waals surface area contributed by atoms with E-state index >= 15 is 0 Å². The second kappa shape index (κ2) is 3.22. The van der Waals surface area contributed by atoms with Gasteiger partial charge in [0.2, 0.25) is 0 Å². The Labute approximate surface area is 82.7 Å². The summed E-state index contributed by atoms with van der Waals surface area (Å²) in [7, 11) is 0. The second-order valence-electron chi connectivity index (χ2n) is 3.62. The Balaban J connectivity index is 2.43. The Kier molecular flexibility index (Phi) is 2.17. The highest BCUT2D eigenvalue weighted by atomic mass is 16.5. The van der Waals surface area contributed by atoms with Gasteiger partial charge in [-0.2, -0.15) is 0 Å². The number of nitrogen functional groups attached to an aromatic ring is 1. The lowest BCUT2D eigenvalue weighted by atomic mass is 9.88. The Morgan fingerprint density at radius 1 is 1.71 bits per heavy atom. The van der Waals surface area contributed by atoms with E-state index in [1.165, 1.54) is 0 Å². The summed E-state index contributed by atoms with van der Waals surface area (Å²) in [5.41, 5.74) is 5.42. The summed E-state index contributed by atoms with van der Waals surface area (Å²) in [5.74, 6) is 0.382. The molecule has 0 aliphatic carbocycles. The van der Waals surface area contributed by atoms with Gasteiger partial charge in [-0.1, -0.05) is 6.07 Å². The molecule has 4 heteroatoms. The molecule has 0 aromatic carbocycles. The molecular weight excluding hydrogens is 180 g/mol. The van der Waals surface area contributed by atoms with Crippen molar-refractivity contribution in [2.24, 2.45) is 0 Å². The van der Waals surface area contributed by atoms with E-state index in [1.54, 1.807) is 18.3 Å². The molecule has 4 nitrogen and oxygen atoms in total. The molecule has 2 heterocycles. The number of aromatic nitrogens is 1. The normalized spacial score (nSPS) is 32.0. The van der Waals surface area contributed by atoms with Crippen molar-refractivity contribution in [2.45, 2.75) is 25.0 Å². The number of nitrogens with two attached hydrogens (primary N) is 1. The quantitative estimate of drug-likeness (QED) is 0.689. The summed E-state index contributed by atoms with van der Waals surface area (Å²) >= 11 is 0. The number of nitrogens with zero attached hydrogens (tertiary/aromatic N) is 1. The first-order chi connectivity index (χ1) is 6.64. The summed E-state index contributed by atoms with van der Waals surface area (Å²) in [6, 6.07) is 3.57. The van der Waals surface area contributed by atoms with Crippen LogP contribution in [-0.4, -0.2) is 22.8 Å². The van der Waals surface area contributed by atoms with Crippen molar-refractivity contribution in [3.8, 4) is 0 Å². The first-order valence-corrected chi connectivity index (χ1v) is 4.69. The Hall–Kier alpha value is -1.13. The molecule has 1 aliphatic heterocycles. The van der Waals surface area contributed by atoms with Crippen LogP contribution in [0.5, 0.6) is 0 Å². The third-order valence-corrected chi connectivity index (χ3v) is 2.83. The molecular formula is C10H14N2O2. The molecule has 0 radical (unpaired) electrons. The maximum absolute atomic E-state index is 10.4. The highest BCUT2D eigenvalue weighted by Gasteiger charge is 2.42. The van der Waals surface area contributed by atoms with Crippen LogP contribution >= 0.6 is 0 Å². The number of aliphatic hydroxyl groups is 1. The molecule has 14 heavy (non-hydrogen) atoms. The van der Waals surface area contributed by atoms with E-state index in [0.717, 1.165) is 0 Å². The molecule has 0 amide bonds. The van der Waals surface area contributed by atoms with Crippen LogP contribution in [0.25, 0.3) is 0 Å². The van der Waals surface area contributed by atoms with Gasteiger partial charge in [-0.05, 0) is 13.0 Å². The van der Waals surface area contributed by atoms with Crippen LogP contribution in [0.4, 0.5) is 5.82 Å². The maximum Gasteiger partial charge on any atom is 0.129 e. The molecule has 1 aromatic heterocycles. The van der Waals surface area contributed by atoms with Crippen molar-refractivity contribution in [2.75, 3.05) is 12.3 Å². The van der Waals surface area contributed by atoms with Gasteiger partial charge in [0.25, 0.3) is 0 Å². The first-order valence-electron chi connectivity index (χ1n) is 4.69. The van der Waals surface area contributed by atoms with Crippen LogP contribution in [0.1, 0.15) is 18.9 Å². The third-order valence-electron chi connectivity index (χ3n) is 2.83. The fourth-order valence-corrected chi connectivity index (χ4v) is 1.87. The van der Waals surface area contributed by atoms with Crippen LogP contribution < -0.4 is 5.73 Å². The van der Waals surface area contributed by atoms with E-state index in [1.807, 2.05) is 6.92 Å². The predicted molar refractivity (Wildman–Crippen MR) is 52.6 cm³/mol. The van der Waals surface area contributed by atoms with E-state index in [0.29, 0.717) is 24.4 Å². The summed E-state index contributed by atoms with van der Waals surface area (Å²) in [4.78, 5) is 3.97. The topological polar surface area (TPSA) is 68.4 Å². The summed E-state index contributed by atoms with van der Waals surface area (Å²) in [6.45, 7) is 2.41. The zero-order valence-electron chi connectivity index (χ0n) is 8.10. The molecule has 2 unspecified atom stereocenters. The number of hydrogen-bond donors (Lipinski definition) is 2. The highest BCUT2D eigenvalue weighted by Crippen LogP contribution is 2.37. The lowest BCUT2D eigenvalue weighted by molar-refractivity contribution is -0.0313. The predicted octanol–water partition coefficient (Wildman–Crippen LogP) is 0.660. The summed E-state index contributed by atoms with van der Waals surface area (Å²) in [5, 5.41) is 10.4. The van der Waals surface area contributed by atoms with Gasteiger partial charge in [-0.25, -0.2) is 4.98 Å². The minimum absolute atomic E-state index is 0.228. The van der Waals surface area contributed by atoms with Crippen molar-refractivity contribution in [1.82, 2.24) is 4.98 Å². The van der Waals surface area contributed by atoms with E-state index < -0.39 is 5.60 Å². The highest BCUT2D eigenvalue weighted by molar-refractivity contribution is 5.43. The Bertz CT molecular complexity index is 343. The zero-order chi connectivity index (χ0) is 10.2. The fourth-order valence-electron chi connectivity index (χ4n) is 1.87. The standard InChI is InChI=1S/C10H14N2O2/c1-7-10(13,4-6-14-7)8-3-2-5-12-9(8)11/h2-3,5,7,13H,4,6H2,1H3,(H2,11,12). The van der Waals surface area contributed by atoms with Gasteiger partial charge in [0, 0.05) is 18.2 Å². The first kappa shape index (κ1) is 9.43. The van der Waals surface area contributed by atoms with Gasteiger partial charge >= 0.3 is 0 Å². The van der Waals surface area contributed by atoms with Crippen LogP contribution in [0.3, 0.4) is 0 Å². The van der Waals surface area contributed by atoms with E-state index in [4.69, 9.17) is 10.5 Å². The lowest BCUT2D eigenvalue weighted by Crippen LogP contribution is -2.34. The molecule has 2 atom stereocenters. The van der Waals surface area contributed by atoms with Crippen molar-refractivity contribution >= 4 is 5.82 Å². The minimum Gasteiger partial charge on any atom is -0.383 e. The summed E-state index contributed by atoms with van der Waals surface area (Å²) in [6.07, 6.45) is 1.96. The van der Waals surface area contributed by atoms with Gasteiger partial charge in [-0.15, -0.1) is 0 Å². The molecule has 2 rings (SSSR count). The van der Waals surface area contributed by atoms with Crippen molar-refractivity contribution in [3.05, 3.63) is 23.9 Å². The monoisotopic (exact) mass is 194 g/mol. The average Bonchev–Trinajstić information content (AvgIpc) is 2.49. The second-order valence-corrected chi connectivity index (χ2v) is 3.62.